The van der Waals surface area contributed by atoms with Crippen LogP contribution in [0.1, 0.15) is 5.56 Å². The molecule has 0 spiro atoms. The van der Waals surface area contributed by atoms with Gasteiger partial charge in [0.15, 0.2) is 0 Å². The molecule has 0 saturated carbocycles. The zero-order valence-corrected chi connectivity index (χ0v) is 11.2. The average molecular weight is 287 g/mol. The third kappa shape index (κ3) is 4.93. The highest BCUT2D eigenvalue weighted by atomic mass is 79.9. The van der Waals surface area contributed by atoms with Gasteiger partial charge in [0.25, 0.3) is 6.47 Å². The number of carbonyl (C=O) groups excluding carboxylic acids is 1. The van der Waals surface area contributed by atoms with Crippen molar-refractivity contribution in [2.24, 2.45) is 12.0 Å². The van der Waals surface area contributed by atoms with Gasteiger partial charge >= 0.3 is 0 Å². The third-order valence-electron chi connectivity index (χ3n) is 1.70. The lowest BCUT2D eigenvalue weighted by atomic mass is 10.3. The van der Waals surface area contributed by atoms with E-state index in [1.54, 1.807) is 0 Å². The number of hydrogen-bond donors (Lipinski definition) is 0. The van der Waals surface area contributed by atoms with E-state index in [4.69, 9.17) is 4.79 Å². The first kappa shape index (κ1) is 14.6. The number of nitrogens with zero attached hydrogens (tertiary/aromatic N) is 2. The van der Waals surface area contributed by atoms with E-state index in [0.29, 0.717) is 6.47 Å². The minimum atomic E-state index is 0.375. The van der Waals surface area contributed by atoms with Gasteiger partial charge in [-0.25, -0.2) is 4.99 Å². The second kappa shape index (κ2) is 7.87. The van der Waals surface area contributed by atoms with Crippen molar-refractivity contribution in [3.63, 3.8) is 0 Å². The van der Waals surface area contributed by atoms with E-state index in [2.05, 4.69) is 32.2 Å². The lowest BCUT2D eigenvalue weighted by molar-refractivity contribution is -0.126. The van der Waals surface area contributed by atoms with Gasteiger partial charge in [0.05, 0.1) is 7.11 Å². The highest BCUT2D eigenvalue weighted by Gasteiger charge is 1.94. The van der Waals surface area contributed by atoms with Crippen molar-refractivity contribution in [2.45, 2.75) is 6.92 Å². The fourth-order valence-electron chi connectivity index (χ4n) is 0.969. The molecule has 0 aliphatic heterocycles. The molecule has 0 atom stereocenters. The minimum Gasteiger partial charge on any atom is -0.471 e. The molecule has 1 aromatic rings. The highest BCUT2D eigenvalue weighted by Crippen LogP contribution is 2.11. The molecule has 88 valence electrons. The van der Waals surface area contributed by atoms with Crippen LogP contribution in [0.25, 0.3) is 0 Å². The van der Waals surface area contributed by atoms with Crippen LogP contribution in [-0.4, -0.2) is 18.1 Å². The van der Waals surface area contributed by atoms with E-state index >= 15 is 0 Å². The Bertz CT molecular complexity index is 424. The largest absolute Gasteiger partial charge is 0.471 e. The van der Waals surface area contributed by atoms with Crippen LogP contribution in [0.5, 0.6) is 0 Å². The van der Waals surface area contributed by atoms with Crippen molar-refractivity contribution >= 4 is 22.4 Å². The Labute approximate surface area is 103 Å². The number of hydrogen-bond acceptors (Lipinski definition) is 3. The van der Waals surface area contributed by atoms with Gasteiger partial charge in [0.2, 0.25) is 0 Å². The number of carbonyl (C=O) groups is 1. The molecule has 0 aromatic carbocycles. The Balaban J connectivity index is 0.000000487. The summed E-state index contributed by atoms with van der Waals surface area (Å²) >= 11 is 3.44. The van der Waals surface area contributed by atoms with Crippen LogP contribution in [0.2, 0.25) is 0 Å². The molecule has 0 bridgehead atoms. The lowest BCUT2D eigenvalue weighted by Gasteiger charge is -2.02. The standard InChI is InChI=1S/C9H11BrN2.C2H4O2/c1-4-11-9-5-8(10)7(2)6-12(9)3;1-4-2-3/h4-6H,1H2,2-3H3;2H,1H3. The summed E-state index contributed by atoms with van der Waals surface area (Å²) < 4.78 is 6.89. The van der Waals surface area contributed by atoms with E-state index in [0.717, 1.165) is 9.96 Å². The van der Waals surface area contributed by atoms with E-state index < -0.39 is 0 Å². The first-order chi connectivity index (χ1) is 7.56. The second-order valence-electron chi connectivity index (χ2n) is 2.92. The fraction of sp³-hybridized carbons (Fsp3) is 0.273. The molecule has 0 saturated heterocycles. The molecule has 0 aliphatic carbocycles. The number of methoxy groups -OCH3 is 1. The molecule has 4 nitrogen and oxygen atoms in total. The number of pyridine rings is 1. The molecule has 0 amide bonds. The topological polar surface area (TPSA) is 43.6 Å². The maximum absolute atomic E-state index is 8.95. The molecule has 0 N–H and O–H groups in total. The first-order valence-corrected chi connectivity index (χ1v) is 5.30. The number of aryl methyl sites for hydroxylation is 2. The smallest absolute Gasteiger partial charge is 0.292 e. The SMILES string of the molecule is C=CN=c1cc(Br)c(C)cn1C.COC=O. The molecule has 1 heterocycles. The van der Waals surface area contributed by atoms with Crippen molar-refractivity contribution in [3.8, 4) is 0 Å². The van der Waals surface area contributed by atoms with Gasteiger partial charge in [-0.1, -0.05) is 22.5 Å². The lowest BCUT2D eigenvalue weighted by Crippen LogP contribution is -2.16. The van der Waals surface area contributed by atoms with Gasteiger partial charge < -0.3 is 9.30 Å². The number of ether oxygens (including phenoxy) is 1. The van der Waals surface area contributed by atoms with Gasteiger partial charge in [-0.3, -0.25) is 4.79 Å². The molecule has 0 fully saturated rings. The molecule has 1 rings (SSSR count). The normalized spacial score (nSPS) is 10.1. The molecule has 0 unspecified atom stereocenters. The summed E-state index contributed by atoms with van der Waals surface area (Å²) in [5.74, 6) is 0. The molecule has 0 radical (unpaired) electrons. The predicted molar refractivity (Wildman–Crippen MR) is 66.7 cm³/mol. The van der Waals surface area contributed by atoms with Crippen LogP contribution in [0, 0.1) is 6.92 Å². The van der Waals surface area contributed by atoms with E-state index in [1.165, 1.54) is 18.9 Å². The summed E-state index contributed by atoms with van der Waals surface area (Å²) in [5.41, 5.74) is 2.09. The average Bonchev–Trinajstić information content (AvgIpc) is 2.26. The summed E-state index contributed by atoms with van der Waals surface area (Å²) in [6, 6.07) is 1.97. The monoisotopic (exact) mass is 286 g/mol. The molecule has 0 aliphatic rings. The zero-order valence-electron chi connectivity index (χ0n) is 9.61. The Morgan fingerprint density at radius 3 is 2.62 bits per heavy atom. The van der Waals surface area contributed by atoms with E-state index in [-0.39, 0.29) is 0 Å². The van der Waals surface area contributed by atoms with Crippen LogP contribution in [-0.2, 0) is 16.6 Å². The Morgan fingerprint density at radius 2 is 2.19 bits per heavy atom. The van der Waals surface area contributed by atoms with Crippen molar-refractivity contribution in [1.82, 2.24) is 4.57 Å². The van der Waals surface area contributed by atoms with Crippen LogP contribution >= 0.6 is 15.9 Å². The third-order valence-corrected chi connectivity index (χ3v) is 2.56. The van der Waals surface area contributed by atoms with Crippen LogP contribution in [0.3, 0.4) is 0 Å². The van der Waals surface area contributed by atoms with Crippen molar-refractivity contribution in [1.29, 1.82) is 0 Å². The maximum atomic E-state index is 8.95. The number of aromatic nitrogens is 1. The van der Waals surface area contributed by atoms with Crippen molar-refractivity contribution in [3.05, 3.63) is 40.6 Å². The van der Waals surface area contributed by atoms with Gasteiger partial charge in [-0.2, -0.15) is 0 Å². The summed E-state index contributed by atoms with van der Waals surface area (Å²) in [5, 5.41) is 0. The number of halogens is 1. The molecule has 16 heavy (non-hydrogen) atoms. The highest BCUT2D eigenvalue weighted by molar-refractivity contribution is 9.10. The number of rotatable bonds is 2. The van der Waals surface area contributed by atoms with E-state index in [9.17, 15) is 0 Å². The van der Waals surface area contributed by atoms with Crippen molar-refractivity contribution < 1.29 is 9.53 Å². The molecule has 5 heteroatoms. The van der Waals surface area contributed by atoms with Crippen molar-refractivity contribution in [2.75, 3.05) is 7.11 Å². The summed E-state index contributed by atoms with van der Waals surface area (Å²) in [6.07, 6.45) is 3.56. The van der Waals surface area contributed by atoms with Gasteiger partial charge in [-0.15, -0.1) is 0 Å². The Kier molecular flexibility index (Phi) is 7.20. The minimum absolute atomic E-state index is 0.375. The van der Waals surface area contributed by atoms with E-state index in [1.807, 2.05) is 30.8 Å². The van der Waals surface area contributed by atoms with Gasteiger partial charge in [0.1, 0.15) is 5.49 Å². The quantitative estimate of drug-likeness (QED) is 0.780. The van der Waals surface area contributed by atoms with Crippen LogP contribution in [0.4, 0.5) is 0 Å². The summed E-state index contributed by atoms with van der Waals surface area (Å²) in [7, 11) is 3.27. The maximum Gasteiger partial charge on any atom is 0.292 e. The Morgan fingerprint density at radius 1 is 1.62 bits per heavy atom. The predicted octanol–water partition coefficient (Wildman–Crippen LogP) is 1.93. The molecule has 1 aromatic heterocycles. The Hall–Kier alpha value is -1.36. The molecular weight excluding hydrogens is 272 g/mol. The van der Waals surface area contributed by atoms with Gasteiger partial charge in [-0.05, 0) is 18.6 Å². The van der Waals surface area contributed by atoms with Gasteiger partial charge in [0, 0.05) is 23.9 Å². The second-order valence-corrected chi connectivity index (χ2v) is 3.77. The van der Waals surface area contributed by atoms with Crippen LogP contribution < -0.4 is 5.49 Å². The summed E-state index contributed by atoms with van der Waals surface area (Å²) in [4.78, 5) is 13.1. The fourth-order valence-corrected chi connectivity index (χ4v) is 1.28. The first-order valence-electron chi connectivity index (χ1n) is 4.50. The van der Waals surface area contributed by atoms with Crippen LogP contribution in [0.15, 0.2) is 34.5 Å². The zero-order chi connectivity index (χ0) is 12.6. The molecular formula is C11H15BrN2O2. The summed E-state index contributed by atoms with van der Waals surface area (Å²) in [6.45, 7) is 5.97.